The SMILES string of the molecule is N[C@@H](c1cccs1)c1c(F)cc(Br)cc1F. The average Bonchev–Trinajstić information content (AvgIpc) is 2.67. The van der Waals surface area contributed by atoms with Gasteiger partial charge in [-0.3, -0.25) is 0 Å². The van der Waals surface area contributed by atoms with Gasteiger partial charge in [-0.05, 0) is 23.6 Å². The van der Waals surface area contributed by atoms with E-state index >= 15 is 0 Å². The molecule has 0 aliphatic carbocycles. The summed E-state index contributed by atoms with van der Waals surface area (Å²) in [6.07, 6.45) is 0. The largest absolute Gasteiger partial charge is 0.319 e. The molecule has 16 heavy (non-hydrogen) atoms. The Hall–Kier alpha value is -0.780. The van der Waals surface area contributed by atoms with E-state index < -0.39 is 17.7 Å². The van der Waals surface area contributed by atoms with Crippen molar-refractivity contribution in [2.45, 2.75) is 6.04 Å². The van der Waals surface area contributed by atoms with Gasteiger partial charge < -0.3 is 5.73 Å². The summed E-state index contributed by atoms with van der Waals surface area (Å²) in [4.78, 5) is 0.736. The molecule has 0 saturated heterocycles. The molecule has 2 aromatic rings. The summed E-state index contributed by atoms with van der Waals surface area (Å²) in [5, 5.41) is 1.82. The molecule has 2 rings (SSSR count). The van der Waals surface area contributed by atoms with Gasteiger partial charge in [0.05, 0.1) is 6.04 Å². The lowest BCUT2D eigenvalue weighted by atomic mass is 10.1. The first kappa shape index (κ1) is 11.7. The highest BCUT2D eigenvalue weighted by atomic mass is 79.9. The van der Waals surface area contributed by atoms with Gasteiger partial charge in [0.15, 0.2) is 0 Å². The number of thiophene rings is 1. The zero-order valence-corrected chi connectivity index (χ0v) is 10.5. The van der Waals surface area contributed by atoms with Crippen LogP contribution in [0.3, 0.4) is 0 Å². The van der Waals surface area contributed by atoms with Crippen LogP contribution in [0.15, 0.2) is 34.1 Å². The summed E-state index contributed by atoms with van der Waals surface area (Å²) in [5.41, 5.74) is 5.74. The van der Waals surface area contributed by atoms with Crippen LogP contribution in [-0.4, -0.2) is 0 Å². The smallest absolute Gasteiger partial charge is 0.132 e. The number of benzene rings is 1. The number of nitrogens with two attached hydrogens (primary N) is 1. The molecule has 0 fully saturated rings. The highest BCUT2D eigenvalue weighted by molar-refractivity contribution is 9.10. The Bertz CT molecular complexity index is 476. The minimum atomic E-state index is -0.756. The summed E-state index contributed by atoms with van der Waals surface area (Å²) in [6, 6.07) is 5.23. The third-order valence-corrected chi connectivity index (χ3v) is 3.62. The summed E-state index contributed by atoms with van der Waals surface area (Å²) in [7, 11) is 0. The van der Waals surface area contributed by atoms with E-state index in [1.165, 1.54) is 23.5 Å². The molecule has 1 nitrogen and oxygen atoms in total. The molecule has 0 aliphatic heterocycles. The number of hydrogen-bond donors (Lipinski definition) is 1. The topological polar surface area (TPSA) is 26.0 Å². The maximum absolute atomic E-state index is 13.6. The van der Waals surface area contributed by atoms with E-state index in [0.29, 0.717) is 4.47 Å². The summed E-state index contributed by atoms with van der Waals surface area (Å²) in [5.74, 6) is -1.26. The van der Waals surface area contributed by atoms with Gasteiger partial charge in [-0.1, -0.05) is 22.0 Å². The van der Waals surface area contributed by atoms with Crippen LogP contribution in [0.25, 0.3) is 0 Å². The third-order valence-electron chi connectivity index (χ3n) is 2.20. The second kappa shape index (κ2) is 4.61. The predicted octanol–water partition coefficient (Wildman–Crippen LogP) is 3.84. The fourth-order valence-electron chi connectivity index (χ4n) is 1.46. The molecule has 2 N–H and O–H groups in total. The van der Waals surface area contributed by atoms with Crippen LogP contribution in [-0.2, 0) is 0 Å². The standard InChI is InChI=1S/C11H8BrF2NS/c12-6-4-7(13)10(8(14)5-6)11(15)9-2-1-3-16-9/h1-5,11H,15H2/t11-/m0/s1. The summed E-state index contributed by atoms with van der Waals surface area (Å²) >= 11 is 4.40. The van der Waals surface area contributed by atoms with Crippen molar-refractivity contribution in [3.8, 4) is 0 Å². The zero-order chi connectivity index (χ0) is 11.7. The fraction of sp³-hybridized carbons (Fsp3) is 0.0909. The molecule has 5 heteroatoms. The highest BCUT2D eigenvalue weighted by Crippen LogP contribution is 2.29. The Morgan fingerprint density at radius 2 is 1.88 bits per heavy atom. The molecule has 84 valence electrons. The Morgan fingerprint density at radius 3 is 2.38 bits per heavy atom. The van der Waals surface area contributed by atoms with Crippen LogP contribution >= 0.6 is 27.3 Å². The van der Waals surface area contributed by atoms with Crippen LogP contribution in [0.1, 0.15) is 16.5 Å². The molecular weight excluding hydrogens is 296 g/mol. The zero-order valence-electron chi connectivity index (χ0n) is 8.08. The van der Waals surface area contributed by atoms with Crippen molar-refractivity contribution in [3.63, 3.8) is 0 Å². The highest BCUT2D eigenvalue weighted by Gasteiger charge is 2.19. The third kappa shape index (κ3) is 2.16. The van der Waals surface area contributed by atoms with Crippen molar-refractivity contribution in [3.05, 3.63) is 56.2 Å². The van der Waals surface area contributed by atoms with Crippen molar-refractivity contribution in [1.82, 2.24) is 0 Å². The monoisotopic (exact) mass is 303 g/mol. The Labute approximate surface area is 104 Å². The predicted molar refractivity (Wildman–Crippen MR) is 64.4 cm³/mol. The van der Waals surface area contributed by atoms with Crippen molar-refractivity contribution >= 4 is 27.3 Å². The Balaban J connectivity index is 2.48. The van der Waals surface area contributed by atoms with E-state index in [-0.39, 0.29) is 5.56 Å². The minimum absolute atomic E-state index is 0.0920. The van der Waals surface area contributed by atoms with Gasteiger partial charge in [-0.25, -0.2) is 8.78 Å². The molecule has 0 saturated carbocycles. The molecular formula is C11H8BrF2NS. The lowest BCUT2D eigenvalue weighted by Gasteiger charge is -2.12. The lowest BCUT2D eigenvalue weighted by molar-refractivity contribution is 0.543. The first-order valence-corrected chi connectivity index (χ1v) is 6.20. The molecule has 0 amide bonds. The van der Waals surface area contributed by atoms with Gasteiger partial charge in [-0.15, -0.1) is 11.3 Å². The maximum atomic E-state index is 13.6. The molecule has 1 heterocycles. The van der Waals surface area contributed by atoms with Crippen molar-refractivity contribution in [2.24, 2.45) is 5.73 Å². The average molecular weight is 304 g/mol. The quantitative estimate of drug-likeness (QED) is 0.896. The minimum Gasteiger partial charge on any atom is -0.319 e. The second-order valence-corrected chi connectivity index (χ2v) is 5.17. The molecule has 1 aromatic carbocycles. The first-order valence-electron chi connectivity index (χ1n) is 4.53. The second-order valence-electron chi connectivity index (χ2n) is 3.28. The van der Waals surface area contributed by atoms with Crippen LogP contribution in [0, 0.1) is 11.6 Å². The normalized spacial score (nSPS) is 12.8. The Morgan fingerprint density at radius 1 is 1.25 bits per heavy atom. The molecule has 0 bridgehead atoms. The Kier molecular flexibility index (Phi) is 3.37. The van der Waals surface area contributed by atoms with E-state index in [4.69, 9.17) is 5.73 Å². The fourth-order valence-corrected chi connectivity index (χ4v) is 2.60. The van der Waals surface area contributed by atoms with Gasteiger partial charge >= 0.3 is 0 Å². The lowest BCUT2D eigenvalue weighted by Crippen LogP contribution is -2.14. The first-order chi connectivity index (χ1) is 7.59. The molecule has 1 aromatic heterocycles. The van der Waals surface area contributed by atoms with Crippen molar-refractivity contribution in [1.29, 1.82) is 0 Å². The summed E-state index contributed by atoms with van der Waals surface area (Å²) in [6.45, 7) is 0. The van der Waals surface area contributed by atoms with Crippen LogP contribution in [0.4, 0.5) is 8.78 Å². The van der Waals surface area contributed by atoms with Crippen molar-refractivity contribution in [2.75, 3.05) is 0 Å². The molecule has 0 spiro atoms. The van der Waals surface area contributed by atoms with Crippen molar-refractivity contribution < 1.29 is 8.78 Å². The van der Waals surface area contributed by atoms with E-state index in [1.54, 1.807) is 12.1 Å². The van der Waals surface area contributed by atoms with Gasteiger partial charge in [-0.2, -0.15) is 0 Å². The molecule has 0 radical (unpaired) electrons. The van der Waals surface area contributed by atoms with E-state index in [2.05, 4.69) is 15.9 Å². The van der Waals surface area contributed by atoms with Gasteiger partial charge in [0.2, 0.25) is 0 Å². The number of halogens is 3. The van der Waals surface area contributed by atoms with Gasteiger partial charge in [0.25, 0.3) is 0 Å². The van der Waals surface area contributed by atoms with E-state index in [0.717, 1.165) is 4.88 Å². The van der Waals surface area contributed by atoms with Crippen LogP contribution < -0.4 is 5.73 Å². The number of hydrogen-bond acceptors (Lipinski definition) is 2. The van der Waals surface area contributed by atoms with Crippen LogP contribution in [0.2, 0.25) is 0 Å². The summed E-state index contributed by atoms with van der Waals surface area (Å²) < 4.78 is 27.6. The number of rotatable bonds is 2. The molecule has 1 atom stereocenters. The van der Waals surface area contributed by atoms with E-state index in [1.807, 2.05) is 5.38 Å². The van der Waals surface area contributed by atoms with E-state index in [9.17, 15) is 8.78 Å². The molecule has 0 aliphatic rings. The van der Waals surface area contributed by atoms with Crippen LogP contribution in [0.5, 0.6) is 0 Å². The van der Waals surface area contributed by atoms with Gasteiger partial charge in [0, 0.05) is 14.9 Å². The van der Waals surface area contributed by atoms with Gasteiger partial charge in [0.1, 0.15) is 11.6 Å². The molecule has 0 unspecified atom stereocenters. The maximum Gasteiger partial charge on any atom is 0.132 e.